The second-order valence-electron chi connectivity index (χ2n) is 2.83. The lowest BCUT2D eigenvalue weighted by atomic mass is 10.1. The number of hydrogen-bond donors (Lipinski definition) is 1. The topological polar surface area (TPSA) is 38.3 Å². The number of carbonyl (C=O) groups is 1. The highest BCUT2D eigenvalue weighted by Crippen LogP contribution is 2.11. The van der Waals surface area contributed by atoms with E-state index in [1.165, 1.54) is 6.08 Å². The van der Waals surface area contributed by atoms with Crippen LogP contribution in [0.1, 0.15) is 6.92 Å². The van der Waals surface area contributed by atoms with Crippen LogP contribution in [-0.4, -0.2) is 25.2 Å². The van der Waals surface area contributed by atoms with E-state index in [2.05, 4.69) is 18.8 Å². The Morgan fingerprint density at radius 1 is 1.73 bits per heavy atom. The number of rotatable bonds is 2. The molecule has 0 aromatic carbocycles. The molecule has 2 atom stereocenters. The molecular formula is C8H13NO2. The molecule has 0 saturated carbocycles. The van der Waals surface area contributed by atoms with Gasteiger partial charge in [0.1, 0.15) is 0 Å². The minimum atomic E-state index is -0.118. The third-order valence-electron chi connectivity index (χ3n) is 1.88. The maximum Gasteiger partial charge on any atom is 0.243 e. The first-order valence-electron chi connectivity index (χ1n) is 3.74. The van der Waals surface area contributed by atoms with Crippen molar-refractivity contribution in [2.75, 3.05) is 13.2 Å². The van der Waals surface area contributed by atoms with Gasteiger partial charge in [-0.25, -0.2) is 0 Å². The predicted molar refractivity (Wildman–Crippen MR) is 42.1 cm³/mol. The van der Waals surface area contributed by atoms with E-state index in [1.807, 2.05) is 0 Å². The maximum atomic E-state index is 10.8. The summed E-state index contributed by atoms with van der Waals surface area (Å²) in [5.41, 5.74) is 0. The summed E-state index contributed by atoms with van der Waals surface area (Å²) >= 11 is 0. The van der Waals surface area contributed by atoms with E-state index in [4.69, 9.17) is 4.74 Å². The average molecular weight is 155 g/mol. The first-order valence-corrected chi connectivity index (χ1v) is 3.74. The van der Waals surface area contributed by atoms with Crippen LogP contribution in [0.5, 0.6) is 0 Å². The fourth-order valence-electron chi connectivity index (χ4n) is 1.09. The van der Waals surface area contributed by atoms with Gasteiger partial charge in [-0.1, -0.05) is 13.5 Å². The third kappa shape index (κ3) is 2.05. The normalized spacial score (nSPS) is 29.9. The number of nitrogens with one attached hydrogen (secondary N) is 1. The standard InChI is InChI=1S/C8H13NO2/c1-3-8(10)9-7-5-11-4-6(7)2/h3,6-7H,1,4-5H2,2H3,(H,9,10)/t6?,7-/m0/s1. The molecule has 62 valence electrons. The Morgan fingerprint density at radius 3 is 2.91 bits per heavy atom. The molecule has 1 fully saturated rings. The van der Waals surface area contributed by atoms with Crippen molar-refractivity contribution in [2.24, 2.45) is 5.92 Å². The molecule has 0 spiro atoms. The van der Waals surface area contributed by atoms with E-state index in [9.17, 15) is 4.79 Å². The lowest BCUT2D eigenvalue weighted by molar-refractivity contribution is -0.117. The van der Waals surface area contributed by atoms with Crippen LogP contribution in [0.15, 0.2) is 12.7 Å². The Labute approximate surface area is 66.4 Å². The quantitative estimate of drug-likeness (QED) is 0.583. The molecule has 1 saturated heterocycles. The zero-order valence-corrected chi connectivity index (χ0v) is 6.67. The molecule has 1 aliphatic heterocycles. The first-order chi connectivity index (χ1) is 5.24. The van der Waals surface area contributed by atoms with Crippen LogP contribution in [0.25, 0.3) is 0 Å². The second kappa shape index (κ2) is 3.53. The summed E-state index contributed by atoms with van der Waals surface area (Å²) in [6.45, 7) is 6.80. The minimum absolute atomic E-state index is 0.118. The zero-order valence-electron chi connectivity index (χ0n) is 6.67. The van der Waals surface area contributed by atoms with E-state index in [1.54, 1.807) is 0 Å². The highest BCUT2D eigenvalue weighted by Gasteiger charge is 2.24. The summed E-state index contributed by atoms with van der Waals surface area (Å²) in [4.78, 5) is 10.8. The smallest absolute Gasteiger partial charge is 0.243 e. The fourth-order valence-corrected chi connectivity index (χ4v) is 1.09. The molecule has 0 radical (unpaired) electrons. The third-order valence-corrected chi connectivity index (χ3v) is 1.88. The Bertz CT molecular complexity index is 167. The molecule has 11 heavy (non-hydrogen) atoms. The van der Waals surface area contributed by atoms with Gasteiger partial charge in [-0.05, 0) is 6.08 Å². The van der Waals surface area contributed by atoms with Crippen LogP contribution in [-0.2, 0) is 9.53 Å². The molecule has 0 aromatic heterocycles. The average Bonchev–Trinajstić information content (AvgIpc) is 2.37. The van der Waals surface area contributed by atoms with Crippen molar-refractivity contribution in [3.05, 3.63) is 12.7 Å². The van der Waals surface area contributed by atoms with Gasteiger partial charge in [-0.2, -0.15) is 0 Å². The molecule has 0 bridgehead atoms. The van der Waals surface area contributed by atoms with Gasteiger partial charge in [0.2, 0.25) is 5.91 Å². The van der Waals surface area contributed by atoms with E-state index < -0.39 is 0 Å². The molecule has 3 heteroatoms. The molecule has 1 heterocycles. The van der Waals surface area contributed by atoms with Crippen molar-refractivity contribution in [3.63, 3.8) is 0 Å². The van der Waals surface area contributed by atoms with Crippen molar-refractivity contribution in [2.45, 2.75) is 13.0 Å². The molecule has 1 amide bonds. The van der Waals surface area contributed by atoms with Crippen molar-refractivity contribution in [3.8, 4) is 0 Å². The lowest BCUT2D eigenvalue weighted by Gasteiger charge is -2.13. The Kier molecular flexibility index (Phi) is 2.65. The fraction of sp³-hybridized carbons (Fsp3) is 0.625. The molecule has 0 aliphatic carbocycles. The van der Waals surface area contributed by atoms with Crippen LogP contribution in [0, 0.1) is 5.92 Å². The molecule has 1 N–H and O–H groups in total. The molecule has 1 unspecified atom stereocenters. The number of ether oxygens (including phenoxy) is 1. The summed E-state index contributed by atoms with van der Waals surface area (Å²) in [6.07, 6.45) is 1.28. The molecule has 1 aliphatic rings. The van der Waals surface area contributed by atoms with Crippen LogP contribution in [0.3, 0.4) is 0 Å². The molecule has 3 nitrogen and oxygen atoms in total. The molecule has 0 aromatic rings. The van der Waals surface area contributed by atoms with Crippen molar-refractivity contribution in [1.82, 2.24) is 5.32 Å². The second-order valence-corrected chi connectivity index (χ2v) is 2.83. The van der Waals surface area contributed by atoms with E-state index in [-0.39, 0.29) is 11.9 Å². The monoisotopic (exact) mass is 155 g/mol. The van der Waals surface area contributed by atoms with E-state index in [0.29, 0.717) is 12.5 Å². The van der Waals surface area contributed by atoms with Crippen molar-refractivity contribution < 1.29 is 9.53 Å². The SMILES string of the molecule is C=CC(=O)N[C@H]1COCC1C. The van der Waals surface area contributed by atoms with E-state index in [0.717, 1.165) is 6.61 Å². The van der Waals surface area contributed by atoms with Gasteiger partial charge in [0, 0.05) is 5.92 Å². The van der Waals surface area contributed by atoms with Gasteiger partial charge in [-0.3, -0.25) is 4.79 Å². The molecular weight excluding hydrogens is 142 g/mol. The van der Waals surface area contributed by atoms with Gasteiger partial charge in [0.05, 0.1) is 19.3 Å². The summed E-state index contributed by atoms with van der Waals surface area (Å²) in [5.74, 6) is 0.297. The van der Waals surface area contributed by atoms with Crippen LogP contribution < -0.4 is 5.32 Å². The maximum absolute atomic E-state index is 10.8. The van der Waals surface area contributed by atoms with Crippen molar-refractivity contribution in [1.29, 1.82) is 0 Å². The van der Waals surface area contributed by atoms with Crippen LogP contribution in [0.4, 0.5) is 0 Å². The first kappa shape index (κ1) is 8.27. The number of amides is 1. The zero-order chi connectivity index (χ0) is 8.27. The Morgan fingerprint density at radius 2 is 2.45 bits per heavy atom. The summed E-state index contributed by atoms with van der Waals surface area (Å²) in [7, 11) is 0. The largest absolute Gasteiger partial charge is 0.379 e. The summed E-state index contributed by atoms with van der Waals surface area (Å²) in [5, 5.41) is 2.80. The Balaban J connectivity index is 2.36. The summed E-state index contributed by atoms with van der Waals surface area (Å²) < 4.78 is 5.17. The van der Waals surface area contributed by atoms with Gasteiger partial charge < -0.3 is 10.1 Å². The van der Waals surface area contributed by atoms with E-state index >= 15 is 0 Å². The number of hydrogen-bond acceptors (Lipinski definition) is 2. The van der Waals surface area contributed by atoms with Gasteiger partial charge in [-0.15, -0.1) is 0 Å². The lowest BCUT2D eigenvalue weighted by Crippen LogP contribution is -2.37. The highest BCUT2D eigenvalue weighted by atomic mass is 16.5. The van der Waals surface area contributed by atoms with Crippen LogP contribution in [0.2, 0.25) is 0 Å². The van der Waals surface area contributed by atoms with Crippen molar-refractivity contribution >= 4 is 5.91 Å². The van der Waals surface area contributed by atoms with Gasteiger partial charge in [0.15, 0.2) is 0 Å². The predicted octanol–water partition coefficient (Wildman–Crippen LogP) is 0.323. The van der Waals surface area contributed by atoms with Crippen LogP contribution >= 0.6 is 0 Å². The number of carbonyl (C=O) groups excluding carboxylic acids is 1. The summed E-state index contributed by atoms with van der Waals surface area (Å²) in [6, 6.07) is 0.167. The molecule has 1 rings (SSSR count). The van der Waals surface area contributed by atoms with Gasteiger partial charge >= 0.3 is 0 Å². The van der Waals surface area contributed by atoms with Gasteiger partial charge in [0.25, 0.3) is 0 Å². The highest BCUT2D eigenvalue weighted by molar-refractivity contribution is 5.87. The Hall–Kier alpha value is -0.830. The minimum Gasteiger partial charge on any atom is -0.379 e.